The highest BCUT2D eigenvalue weighted by molar-refractivity contribution is 5.61. The minimum Gasteiger partial charge on any atom is -0.389 e. The first-order valence-corrected chi connectivity index (χ1v) is 8.91. The van der Waals surface area contributed by atoms with Crippen LogP contribution in [0.3, 0.4) is 0 Å². The highest BCUT2D eigenvalue weighted by atomic mass is 16.7. The van der Waals surface area contributed by atoms with Crippen LogP contribution in [-0.2, 0) is 9.47 Å². The number of hydrogen-bond donors (Lipinski definition) is 2. The molecule has 0 spiro atoms. The lowest BCUT2D eigenvalue weighted by atomic mass is 9.95. The lowest BCUT2D eigenvalue weighted by Crippen LogP contribution is -2.58. The molecule has 25 heavy (non-hydrogen) atoms. The normalized spacial score (nSPS) is 31.6. The van der Waals surface area contributed by atoms with Crippen LogP contribution in [0.1, 0.15) is 19.9 Å². The van der Waals surface area contributed by atoms with Gasteiger partial charge in [0.25, 0.3) is 0 Å². The summed E-state index contributed by atoms with van der Waals surface area (Å²) in [6.45, 7) is 5.62. The quantitative estimate of drug-likeness (QED) is 0.867. The van der Waals surface area contributed by atoms with Crippen molar-refractivity contribution in [3.63, 3.8) is 0 Å². The minimum absolute atomic E-state index is 0.112. The van der Waals surface area contributed by atoms with E-state index in [1.54, 1.807) is 4.68 Å². The summed E-state index contributed by atoms with van der Waals surface area (Å²) in [7, 11) is 0. The molecular formula is C19H25N3O3. The number of nitrogens with zero attached hydrogens (tertiary/aromatic N) is 2. The summed E-state index contributed by atoms with van der Waals surface area (Å²) in [6, 6.07) is 9.57. The summed E-state index contributed by atoms with van der Waals surface area (Å²) in [5.74, 6) is 0.500. The van der Waals surface area contributed by atoms with Gasteiger partial charge in [-0.15, -0.1) is 0 Å². The predicted molar refractivity (Wildman–Crippen MR) is 93.9 cm³/mol. The number of aliphatic hydroxyl groups excluding tert-OH is 1. The second kappa shape index (κ2) is 6.88. The molecule has 0 amide bonds. The average Bonchev–Trinajstić information content (AvgIpc) is 3.25. The van der Waals surface area contributed by atoms with Gasteiger partial charge in [-0.2, -0.15) is 5.10 Å². The molecule has 134 valence electrons. The summed E-state index contributed by atoms with van der Waals surface area (Å²) in [5, 5.41) is 18.9. The van der Waals surface area contributed by atoms with Crippen molar-refractivity contribution < 1.29 is 14.6 Å². The molecule has 0 aliphatic carbocycles. The van der Waals surface area contributed by atoms with Crippen molar-refractivity contribution in [3.8, 4) is 11.1 Å². The molecule has 2 fully saturated rings. The largest absolute Gasteiger partial charge is 0.389 e. The first-order chi connectivity index (χ1) is 12.1. The maximum atomic E-state index is 11.0. The first-order valence-electron chi connectivity index (χ1n) is 8.91. The Balaban J connectivity index is 1.57. The van der Waals surface area contributed by atoms with E-state index < -0.39 is 12.4 Å². The van der Waals surface area contributed by atoms with E-state index in [1.165, 1.54) is 0 Å². The molecule has 2 saturated heterocycles. The molecule has 2 aliphatic heterocycles. The Morgan fingerprint density at radius 2 is 2.08 bits per heavy atom. The maximum absolute atomic E-state index is 11.0. The lowest BCUT2D eigenvalue weighted by Gasteiger charge is -2.39. The van der Waals surface area contributed by atoms with Crippen molar-refractivity contribution in [2.45, 2.75) is 44.4 Å². The van der Waals surface area contributed by atoms with Crippen LogP contribution in [-0.4, -0.2) is 52.6 Å². The summed E-state index contributed by atoms with van der Waals surface area (Å²) >= 11 is 0. The van der Waals surface area contributed by atoms with Gasteiger partial charge in [0.1, 0.15) is 12.1 Å². The van der Waals surface area contributed by atoms with Gasteiger partial charge in [-0.3, -0.25) is 4.68 Å². The summed E-state index contributed by atoms with van der Waals surface area (Å²) in [5.41, 5.74) is 2.11. The van der Waals surface area contributed by atoms with Crippen LogP contribution in [0.15, 0.2) is 42.7 Å². The van der Waals surface area contributed by atoms with Gasteiger partial charge >= 0.3 is 0 Å². The smallest absolute Gasteiger partial charge is 0.183 e. The third kappa shape index (κ3) is 3.22. The molecule has 2 N–H and O–H groups in total. The number of aromatic nitrogens is 2. The molecule has 0 saturated carbocycles. The van der Waals surface area contributed by atoms with Crippen LogP contribution in [0.5, 0.6) is 0 Å². The van der Waals surface area contributed by atoms with E-state index in [0.29, 0.717) is 12.5 Å². The zero-order chi connectivity index (χ0) is 17.4. The zero-order valence-electron chi connectivity index (χ0n) is 14.6. The molecule has 2 bridgehead atoms. The first kappa shape index (κ1) is 16.7. The monoisotopic (exact) mass is 343 g/mol. The SMILES string of the molecule is CC(C)CN[C@H]1[C@H](O)[C@@H](n2cc(-c3ccccc3)cn2)[C@@H]2OC[C@H]1O2. The zero-order valence-corrected chi connectivity index (χ0v) is 14.6. The molecule has 0 radical (unpaired) electrons. The summed E-state index contributed by atoms with van der Waals surface area (Å²) in [4.78, 5) is 0. The number of rotatable bonds is 5. The fourth-order valence-electron chi connectivity index (χ4n) is 3.59. The number of fused-ring (bicyclic) bond motifs is 2. The molecule has 3 heterocycles. The van der Waals surface area contributed by atoms with E-state index in [1.807, 2.05) is 42.7 Å². The van der Waals surface area contributed by atoms with Crippen LogP contribution >= 0.6 is 0 Å². The van der Waals surface area contributed by atoms with Gasteiger partial charge in [-0.1, -0.05) is 44.2 Å². The van der Waals surface area contributed by atoms with E-state index in [2.05, 4.69) is 24.3 Å². The Morgan fingerprint density at radius 3 is 2.84 bits per heavy atom. The van der Waals surface area contributed by atoms with Crippen molar-refractivity contribution in [1.29, 1.82) is 0 Å². The second-order valence-electron chi connectivity index (χ2n) is 7.26. The van der Waals surface area contributed by atoms with Crippen molar-refractivity contribution in [2.24, 2.45) is 5.92 Å². The van der Waals surface area contributed by atoms with Crippen LogP contribution in [0.25, 0.3) is 11.1 Å². The minimum atomic E-state index is -0.617. The highest BCUT2D eigenvalue weighted by Gasteiger charge is 2.51. The third-order valence-corrected chi connectivity index (χ3v) is 4.91. The lowest BCUT2D eigenvalue weighted by molar-refractivity contribution is -0.168. The molecule has 4 rings (SSSR count). The molecule has 6 heteroatoms. The molecule has 0 unspecified atom stereocenters. The molecule has 6 nitrogen and oxygen atoms in total. The van der Waals surface area contributed by atoms with E-state index in [0.717, 1.165) is 17.7 Å². The van der Waals surface area contributed by atoms with Crippen molar-refractivity contribution in [1.82, 2.24) is 15.1 Å². The third-order valence-electron chi connectivity index (χ3n) is 4.91. The Bertz CT molecular complexity index is 703. The van der Waals surface area contributed by atoms with Gasteiger partial charge in [0.15, 0.2) is 6.29 Å². The van der Waals surface area contributed by atoms with Gasteiger partial charge in [0.2, 0.25) is 0 Å². The average molecular weight is 343 g/mol. The molecule has 2 aromatic rings. The molecular weight excluding hydrogens is 318 g/mol. The van der Waals surface area contributed by atoms with Gasteiger partial charge in [-0.05, 0) is 18.0 Å². The summed E-state index contributed by atoms with van der Waals surface area (Å²) < 4.78 is 13.6. The molecule has 2 aliphatic rings. The van der Waals surface area contributed by atoms with Gasteiger partial charge in [0.05, 0.1) is 24.9 Å². The standard InChI is InChI=1S/C19H25N3O3/c1-12(2)8-20-16-15-11-24-19(25-15)17(18(16)23)22-10-14(9-21-22)13-6-4-3-5-7-13/h3-7,9-10,12,15-20,23H,8,11H2,1-2H3/t15-,16-,17-,18+,19-/m1/s1. The van der Waals surface area contributed by atoms with E-state index in [9.17, 15) is 5.11 Å². The Hall–Kier alpha value is -1.73. The number of hydrogen-bond acceptors (Lipinski definition) is 5. The Morgan fingerprint density at radius 1 is 1.28 bits per heavy atom. The van der Waals surface area contributed by atoms with E-state index in [-0.39, 0.29) is 18.2 Å². The summed E-state index contributed by atoms with van der Waals surface area (Å²) in [6.07, 6.45) is 2.58. The fraction of sp³-hybridized carbons (Fsp3) is 0.526. The number of ether oxygens (including phenoxy) is 2. The van der Waals surface area contributed by atoms with Crippen LogP contribution in [0.2, 0.25) is 0 Å². The Kier molecular flexibility index (Phi) is 4.60. The molecule has 5 atom stereocenters. The van der Waals surface area contributed by atoms with E-state index in [4.69, 9.17) is 9.47 Å². The van der Waals surface area contributed by atoms with Gasteiger partial charge in [-0.25, -0.2) is 0 Å². The highest BCUT2D eigenvalue weighted by Crippen LogP contribution is 2.36. The topological polar surface area (TPSA) is 68.5 Å². The molecule has 1 aromatic carbocycles. The van der Waals surface area contributed by atoms with Crippen molar-refractivity contribution in [3.05, 3.63) is 42.7 Å². The van der Waals surface area contributed by atoms with E-state index >= 15 is 0 Å². The van der Waals surface area contributed by atoms with Crippen LogP contribution in [0.4, 0.5) is 0 Å². The van der Waals surface area contributed by atoms with Crippen molar-refractivity contribution >= 4 is 0 Å². The van der Waals surface area contributed by atoms with Crippen molar-refractivity contribution in [2.75, 3.05) is 13.2 Å². The fourth-order valence-corrected chi connectivity index (χ4v) is 3.59. The number of nitrogens with one attached hydrogen (secondary N) is 1. The molecule has 1 aromatic heterocycles. The maximum Gasteiger partial charge on any atom is 0.183 e. The van der Waals surface area contributed by atoms with Crippen LogP contribution in [0, 0.1) is 5.92 Å². The number of aliphatic hydroxyl groups is 1. The second-order valence-corrected chi connectivity index (χ2v) is 7.26. The predicted octanol–water partition coefficient (Wildman–Crippen LogP) is 1.82. The van der Waals surface area contributed by atoms with Crippen LogP contribution < -0.4 is 5.32 Å². The Labute approximate surface area is 147 Å². The number of benzene rings is 1. The van der Waals surface area contributed by atoms with Gasteiger partial charge < -0.3 is 19.9 Å². The van der Waals surface area contributed by atoms with Gasteiger partial charge in [0, 0.05) is 11.8 Å².